The zero-order valence-corrected chi connectivity index (χ0v) is 11.5. The predicted molar refractivity (Wildman–Crippen MR) is 70.1 cm³/mol. The van der Waals surface area contributed by atoms with Gasteiger partial charge in [-0.3, -0.25) is 4.90 Å². The van der Waals surface area contributed by atoms with Crippen LogP contribution >= 0.6 is 11.6 Å². The number of carbonyl (C=O) groups is 1. The quantitative estimate of drug-likeness (QED) is 0.625. The third-order valence-corrected chi connectivity index (χ3v) is 4.00. The Bertz CT molecular complexity index is 481. The Kier molecular flexibility index (Phi) is 4.53. The van der Waals surface area contributed by atoms with E-state index >= 15 is 0 Å². The molecule has 0 aliphatic carbocycles. The second-order valence-corrected chi connectivity index (χ2v) is 5.12. The molecule has 0 aromatic heterocycles. The topological polar surface area (TPSA) is 20.3 Å². The second-order valence-electron chi connectivity index (χ2n) is 4.85. The Balaban J connectivity index is 2.36. The van der Waals surface area contributed by atoms with E-state index in [0.29, 0.717) is 5.56 Å². The molecule has 2 nitrogen and oxygen atoms in total. The molecule has 19 heavy (non-hydrogen) atoms. The van der Waals surface area contributed by atoms with E-state index in [4.69, 9.17) is 11.6 Å². The van der Waals surface area contributed by atoms with E-state index < -0.39 is 11.6 Å². The number of halogens is 3. The average molecular weight is 288 g/mol. The van der Waals surface area contributed by atoms with Crippen molar-refractivity contribution < 1.29 is 13.6 Å². The summed E-state index contributed by atoms with van der Waals surface area (Å²) in [6.45, 7) is 2.50. The van der Waals surface area contributed by atoms with E-state index in [1.54, 1.807) is 13.0 Å². The van der Waals surface area contributed by atoms with E-state index in [1.807, 2.05) is 4.90 Å². The van der Waals surface area contributed by atoms with Crippen molar-refractivity contribution in [2.45, 2.75) is 37.7 Å². The van der Waals surface area contributed by atoms with Crippen LogP contribution in [-0.4, -0.2) is 23.8 Å². The number of hydrogen-bond acceptors (Lipinski definition) is 2. The van der Waals surface area contributed by atoms with E-state index in [0.717, 1.165) is 25.7 Å². The number of alkyl halides is 1. The van der Waals surface area contributed by atoms with Crippen molar-refractivity contribution in [2.75, 3.05) is 6.54 Å². The molecular weight excluding hydrogens is 272 g/mol. The fourth-order valence-electron chi connectivity index (χ4n) is 2.65. The largest absolute Gasteiger partial charge is 0.302 e. The summed E-state index contributed by atoms with van der Waals surface area (Å²) in [5.41, 5.74) is 0.480. The highest BCUT2D eigenvalue weighted by atomic mass is 35.5. The molecule has 2 rings (SSSR count). The molecule has 0 saturated carbocycles. The summed E-state index contributed by atoms with van der Waals surface area (Å²) in [5, 5.41) is 0. The van der Waals surface area contributed by atoms with Crippen LogP contribution in [0.25, 0.3) is 0 Å². The monoisotopic (exact) mass is 287 g/mol. The standard InChI is InChI=1S/C14H16ClF2NO/c1-9(8-19)18-6-2-3-12(18)11-5-4-10(7-15)13(16)14(11)17/h4-5,8-9,12H,2-3,6-7H2,1H3. The maximum Gasteiger partial charge on any atom is 0.163 e. The van der Waals surface area contributed by atoms with Crippen molar-refractivity contribution in [3.05, 3.63) is 34.9 Å². The minimum atomic E-state index is -0.877. The smallest absolute Gasteiger partial charge is 0.163 e. The van der Waals surface area contributed by atoms with Crippen molar-refractivity contribution in [3.8, 4) is 0 Å². The predicted octanol–water partition coefficient (Wildman–Crippen LogP) is 3.43. The van der Waals surface area contributed by atoms with Crippen molar-refractivity contribution in [2.24, 2.45) is 0 Å². The van der Waals surface area contributed by atoms with Gasteiger partial charge < -0.3 is 4.79 Å². The Hall–Kier alpha value is -1.00. The van der Waals surface area contributed by atoms with Gasteiger partial charge in [0.05, 0.1) is 11.9 Å². The van der Waals surface area contributed by atoms with E-state index in [1.165, 1.54) is 6.07 Å². The molecule has 1 heterocycles. The molecule has 104 valence electrons. The van der Waals surface area contributed by atoms with Crippen molar-refractivity contribution in [3.63, 3.8) is 0 Å². The van der Waals surface area contributed by atoms with Gasteiger partial charge in [-0.25, -0.2) is 8.78 Å². The molecule has 1 aromatic rings. The molecule has 0 bridgehead atoms. The number of benzene rings is 1. The molecule has 2 unspecified atom stereocenters. The lowest BCUT2D eigenvalue weighted by Gasteiger charge is -2.28. The number of nitrogens with zero attached hydrogens (tertiary/aromatic N) is 1. The number of rotatable bonds is 4. The first-order chi connectivity index (χ1) is 9.10. The Morgan fingerprint density at radius 1 is 1.47 bits per heavy atom. The molecule has 0 N–H and O–H groups in total. The highest BCUT2D eigenvalue weighted by molar-refractivity contribution is 6.17. The summed E-state index contributed by atoms with van der Waals surface area (Å²) in [6, 6.07) is 2.57. The second kappa shape index (κ2) is 5.97. The molecule has 1 fully saturated rings. The van der Waals surface area contributed by atoms with E-state index in [2.05, 4.69) is 0 Å². The van der Waals surface area contributed by atoms with Crippen LogP contribution in [0.4, 0.5) is 8.78 Å². The van der Waals surface area contributed by atoms with Gasteiger partial charge in [0.15, 0.2) is 11.6 Å². The van der Waals surface area contributed by atoms with Gasteiger partial charge in [0.2, 0.25) is 0 Å². The van der Waals surface area contributed by atoms with Crippen LogP contribution in [-0.2, 0) is 10.7 Å². The normalized spacial score (nSPS) is 21.6. The SMILES string of the molecule is CC(C=O)N1CCCC1c1ccc(CCl)c(F)c1F. The average Bonchev–Trinajstić information content (AvgIpc) is 2.90. The zero-order chi connectivity index (χ0) is 14.0. The molecule has 0 radical (unpaired) electrons. The third-order valence-electron chi connectivity index (χ3n) is 3.71. The van der Waals surface area contributed by atoms with Crippen molar-refractivity contribution in [1.82, 2.24) is 4.90 Å². The first-order valence-corrected chi connectivity index (χ1v) is 6.87. The van der Waals surface area contributed by atoms with Gasteiger partial charge in [0, 0.05) is 17.2 Å². The number of aldehydes is 1. The van der Waals surface area contributed by atoms with Gasteiger partial charge in [-0.2, -0.15) is 0 Å². The molecule has 5 heteroatoms. The fraction of sp³-hybridized carbons (Fsp3) is 0.500. The van der Waals surface area contributed by atoms with Gasteiger partial charge in [0.1, 0.15) is 6.29 Å². The van der Waals surface area contributed by atoms with Crippen LogP contribution in [0.3, 0.4) is 0 Å². The number of hydrogen-bond donors (Lipinski definition) is 0. The minimum absolute atomic E-state index is 0.0534. The van der Waals surface area contributed by atoms with E-state index in [9.17, 15) is 13.6 Å². The van der Waals surface area contributed by atoms with Gasteiger partial charge in [-0.05, 0) is 26.3 Å². The summed E-state index contributed by atoms with van der Waals surface area (Å²) in [5.74, 6) is -1.77. The van der Waals surface area contributed by atoms with Crippen LogP contribution in [0.15, 0.2) is 12.1 Å². The molecule has 1 aromatic carbocycles. The molecule has 1 aliphatic rings. The lowest BCUT2D eigenvalue weighted by atomic mass is 10.0. The first-order valence-electron chi connectivity index (χ1n) is 6.34. The molecule has 0 amide bonds. The molecule has 1 saturated heterocycles. The lowest BCUT2D eigenvalue weighted by Crippen LogP contribution is -2.34. The van der Waals surface area contributed by atoms with Crippen molar-refractivity contribution in [1.29, 1.82) is 0 Å². The van der Waals surface area contributed by atoms with E-state index in [-0.39, 0.29) is 23.5 Å². The Labute approximate surface area is 116 Å². The summed E-state index contributed by atoms with van der Waals surface area (Å²) < 4.78 is 27.9. The fourth-order valence-corrected chi connectivity index (χ4v) is 2.86. The Morgan fingerprint density at radius 3 is 2.84 bits per heavy atom. The van der Waals surface area contributed by atoms with Gasteiger partial charge >= 0.3 is 0 Å². The maximum absolute atomic E-state index is 14.1. The number of carbonyl (C=O) groups excluding carboxylic acids is 1. The highest BCUT2D eigenvalue weighted by Gasteiger charge is 2.32. The molecule has 1 aliphatic heterocycles. The lowest BCUT2D eigenvalue weighted by molar-refractivity contribution is -0.112. The highest BCUT2D eigenvalue weighted by Crippen LogP contribution is 2.35. The van der Waals surface area contributed by atoms with Gasteiger partial charge in [0.25, 0.3) is 0 Å². The minimum Gasteiger partial charge on any atom is -0.302 e. The molecule has 2 atom stereocenters. The van der Waals surface area contributed by atoms with Crippen LogP contribution in [0, 0.1) is 11.6 Å². The van der Waals surface area contributed by atoms with Crippen LogP contribution in [0.5, 0.6) is 0 Å². The summed E-state index contributed by atoms with van der Waals surface area (Å²) in [4.78, 5) is 12.8. The molecule has 0 spiro atoms. The third kappa shape index (κ3) is 2.65. The summed E-state index contributed by atoms with van der Waals surface area (Å²) >= 11 is 5.55. The summed E-state index contributed by atoms with van der Waals surface area (Å²) in [7, 11) is 0. The first kappa shape index (κ1) is 14.4. The Morgan fingerprint density at radius 2 is 2.21 bits per heavy atom. The number of likely N-dealkylation sites (tertiary alicyclic amines) is 1. The van der Waals surface area contributed by atoms with Gasteiger partial charge in [-0.15, -0.1) is 11.6 Å². The van der Waals surface area contributed by atoms with Gasteiger partial charge in [-0.1, -0.05) is 12.1 Å². The zero-order valence-electron chi connectivity index (χ0n) is 10.7. The summed E-state index contributed by atoms with van der Waals surface area (Å²) in [6.07, 6.45) is 2.44. The van der Waals surface area contributed by atoms with Crippen LogP contribution in [0.1, 0.15) is 36.9 Å². The van der Waals surface area contributed by atoms with Crippen LogP contribution in [0.2, 0.25) is 0 Å². The maximum atomic E-state index is 14.1. The molecular formula is C14H16ClF2NO. The van der Waals surface area contributed by atoms with Crippen LogP contribution < -0.4 is 0 Å². The van der Waals surface area contributed by atoms with Crippen molar-refractivity contribution >= 4 is 17.9 Å².